The molecule has 2 rings (SSSR count). The first-order valence-electron chi connectivity index (χ1n) is 6.79. The van der Waals surface area contributed by atoms with Crippen LogP contribution in [-0.2, 0) is 0 Å². The van der Waals surface area contributed by atoms with Gasteiger partial charge >= 0.3 is 0 Å². The second kappa shape index (κ2) is 6.79. The molecule has 3 nitrogen and oxygen atoms in total. The first-order chi connectivity index (χ1) is 10.1. The summed E-state index contributed by atoms with van der Waals surface area (Å²) in [6, 6.07) is 13.3. The van der Waals surface area contributed by atoms with Crippen molar-refractivity contribution in [2.75, 3.05) is 0 Å². The van der Waals surface area contributed by atoms with Crippen LogP contribution < -0.4 is 5.43 Å². The van der Waals surface area contributed by atoms with E-state index in [2.05, 4.69) is 10.5 Å². The maximum Gasteiger partial charge on any atom is 0.271 e. The Morgan fingerprint density at radius 3 is 2.19 bits per heavy atom. The predicted molar refractivity (Wildman–Crippen MR) is 81.9 cm³/mol. The molecule has 0 bridgehead atoms. The fourth-order valence-electron chi connectivity index (χ4n) is 1.88. The van der Waals surface area contributed by atoms with Crippen LogP contribution in [0.1, 0.15) is 34.8 Å². The lowest BCUT2D eigenvalue weighted by atomic mass is 10.1. The van der Waals surface area contributed by atoms with Gasteiger partial charge in [-0.05, 0) is 43.2 Å². The van der Waals surface area contributed by atoms with E-state index in [1.165, 1.54) is 29.8 Å². The van der Waals surface area contributed by atoms with Gasteiger partial charge in [0, 0.05) is 5.56 Å². The lowest BCUT2D eigenvalue weighted by Gasteiger charge is -2.06. The van der Waals surface area contributed by atoms with E-state index >= 15 is 0 Å². The van der Waals surface area contributed by atoms with Crippen molar-refractivity contribution >= 4 is 11.6 Å². The number of nitrogens with one attached hydrogen (secondary N) is 1. The normalized spacial score (nSPS) is 11.3. The van der Waals surface area contributed by atoms with E-state index in [-0.39, 0.29) is 11.7 Å². The zero-order chi connectivity index (χ0) is 15.2. The highest BCUT2D eigenvalue weighted by molar-refractivity contribution is 6.02. The van der Waals surface area contributed by atoms with Gasteiger partial charge in [0.2, 0.25) is 0 Å². The summed E-state index contributed by atoms with van der Waals surface area (Å²) < 4.78 is 12.8. The minimum atomic E-state index is -0.371. The minimum Gasteiger partial charge on any atom is -0.267 e. The van der Waals surface area contributed by atoms with E-state index in [1.54, 1.807) is 0 Å². The highest BCUT2D eigenvalue weighted by Crippen LogP contribution is 2.07. The zero-order valence-electron chi connectivity index (χ0n) is 12.1. The molecule has 0 aliphatic rings. The number of carbonyl (C=O) groups is 1. The van der Waals surface area contributed by atoms with Gasteiger partial charge in [0.05, 0.1) is 5.71 Å². The third-order valence-electron chi connectivity index (χ3n) is 3.12. The monoisotopic (exact) mass is 284 g/mol. The predicted octanol–water partition coefficient (Wildman–Crippen LogP) is 3.68. The van der Waals surface area contributed by atoms with Gasteiger partial charge in [0.15, 0.2) is 0 Å². The van der Waals surface area contributed by atoms with Crippen LogP contribution in [0.25, 0.3) is 0 Å². The van der Waals surface area contributed by atoms with Crippen LogP contribution in [0.15, 0.2) is 53.6 Å². The number of halogens is 1. The number of carbonyl (C=O) groups excluding carboxylic acids is 1. The Bertz CT molecular complexity index is 645. The average molecular weight is 284 g/mol. The molecule has 2 aromatic rings. The van der Waals surface area contributed by atoms with Gasteiger partial charge in [-0.15, -0.1) is 0 Å². The van der Waals surface area contributed by atoms with Crippen molar-refractivity contribution in [3.63, 3.8) is 0 Å². The molecule has 21 heavy (non-hydrogen) atoms. The smallest absolute Gasteiger partial charge is 0.267 e. The van der Waals surface area contributed by atoms with Crippen LogP contribution >= 0.6 is 0 Å². The average Bonchev–Trinajstić information content (AvgIpc) is 2.50. The van der Waals surface area contributed by atoms with Crippen LogP contribution in [-0.4, -0.2) is 11.6 Å². The topological polar surface area (TPSA) is 41.5 Å². The molecule has 0 radical (unpaired) electrons. The third-order valence-corrected chi connectivity index (χ3v) is 3.12. The zero-order valence-corrected chi connectivity index (χ0v) is 12.1. The van der Waals surface area contributed by atoms with Gasteiger partial charge in [-0.2, -0.15) is 5.10 Å². The largest absolute Gasteiger partial charge is 0.271 e. The summed E-state index contributed by atoms with van der Waals surface area (Å²) in [5, 5.41) is 4.16. The van der Waals surface area contributed by atoms with E-state index in [0.29, 0.717) is 12.0 Å². The quantitative estimate of drug-likeness (QED) is 0.675. The summed E-state index contributed by atoms with van der Waals surface area (Å²) in [6.07, 6.45) is 0.701. The standard InChI is InChI=1S/C17H17FN2O/c1-3-16(13-6-4-12(2)5-7-13)19-20-17(21)14-8-10-15(18)11-9-14/h4-11H,3H2,1-2H3,(H,20,21). The molecule has 108 valence electrons. The highest BCUT2D eigenvalue weighted by Gasteiger charge is 2.06. The van der Waals surface area contributed by atoms with E-state index in [1.807, 2.05) is 38.1 Å². The van der Waals surface area contributed by atoms with Gasteiger partial charge in [0.1, 0.15) is 5.82 Å². The summed E-state index contributed by atoms with van der Waals surface area (Å²) in [4.78, 5) is 11.9. The number of hydrogen-bond donors (Lipinski definition) is 1. The molecule has 2 aromatic carbocycles. The van der Waals surface area contributed by atoms with Crippen LogP contribution in [0.2, 0.25) is 0 Å². The van der Waals surface area contributed by atoms with Crippen molar-refractivity contribution in [2.45, 2.75) is 20.3 Å². The lowest BCUT2D eigenvalue weighted by molar-refractivity contribution is 0.0955. The van der Waals surface area contributed by atoms with Crippen LogP contribution in [0.5, 0.6) is 0 Å². The molecule has 1 amide bonds. The number of nitrogens with zero attached hydrogens (tertiary/aromatic N) is 1. The van der Waals surface area contributed by atoms with Crippen molar-refractivity contribution in [1.82, 2.24) is 5.43 Å². The molecular weight excluding hydrogens is 267 g/mol. The minimum absolute atomic E-state index is 0.354. The first kappa shape index (κ1) is 14.9. The van der Waals surface area contributed by atoms with Crippen LogP contribution in [0, 0.1) is 12.7 Å². The van der Waals surface area contributed by atoms with E-state index in [4.69, 9.17) is 0 Å². The van der Waals surface area contributed by atoms with Gasteiger partial charge < -0.3 is 0 Å². The van der Waals surface area contributed by atoms with Crippen molar-refractivity contribution in [3.05, 3.63) is 71.0 Å². The molecule has 0 spiro atoms. The molecule has 0 atom stereocenters. The fraction of sp³-hybridized carbons (Fsp3) is 0.176. The highest BCUT2D eigenvalue weighted by atomic mass is 19.1. The Labute approximate surface area is 123 Å². The van der Waals surface area contributed by atoms with Crippen LogP contribution in [0.3, 0.4) is 0 Å². The molecule has 4 heteroatoms. The maximum atomic E-state index is 12.8. The van der Waals surface area contributed by atoms with Crippen molar-refractivity contribution in [3.8, 4) is 0 Å². The number of rotatable bonds is 4. The Morgan fingerprint density at radius 1 is 1.05 bits per heavy atom. The number of amides is 1. The van der Waals surface area contributed by atoms with Crippen molar-refractivity contribution in [1.29, 1.82) is 0 Å². The third kappa shape index (κ3) is 3.99. The second-order valence-electron chi connectivity index (χ2n) is 4.73. The summed E-state index contributed by atoms with van der Waals surface area (Å²) in [6.45, 7) is 3.99. The van der Waals surface area contributed by atoms with E-state index in [0.717, 1.165) is 11.3 Å². The van der Waals surface area contributed by atoms with E-state index < -0.39 is 0 Å². The Kier molecular flexibility index (Phi) is 4.82. The van der Waals surface area contributed by atoms with Gasteiger partial charge in [0.25, 0.3) is 5.91 Å². The molecular formula is C17H17FN2O. The molecule has 0 saturated carbocycles. The Hall–Kier alpha value is -2.49. The summed E-state index contributed by atoms with van der Waals surface area (Å²) in [5.74, 6) is -0.725. The summed E-state index contributed by atoms with van der Waals surface area (Å²) in [5.41, 5.74) is 5.83. The summed E-state index contributed by atoms with van der Waals surface area (Å²) in [7, 11) is 0. The molecule has 0 aliphatic heterocycles. The SMILES string of the molecule is CCC(=NNC(=O)c1ccc(F)cc1)c1ccc(C)cc1. The molecule has 0 heterocycles. The molecule has 0 aliphatic carbocycles. The van der Waals surface area contributed by atoms with Gasteiger partial charge in [-0.1, -0.05) is 36.8 Å². The van der Waals surface area contributed by atoms with E-state index in [9.17, 15) is 9.18 Å². The number of hydrogen-bond acceptors (Lipinski definition) is 2. The van der Waals surface area contributed by atoms with Crippen LogP contribution in [0.4, 0.5) is 4.39 Å². The Balaban J connectivity index is 2.12. The van der Waals surface area contributed by atoms with Gasteiger partial charge in [-0.3, -0.25) is 4.79 Å². The molecule has 0 fully saturated rings. The molecule has 0 aromatic heterocycles. The Morgan fingerprint density at radius 2 is 1.62 bits per heavy atom. The van der Waals surface area contributed by atoms with Gasteiger partial charge in [-0.25, -0.2) is 9.82 Å². The molecule has 1 N–H and O–H groups in total. The molecule has 0 saturated heterocycles. The number of hydrazone groups is 1. The second-order valence-corrected chi connectivity index (χ2v) is 4.73. The van der Waals surface area contributed by atoms with Crippen molar-refractivity contribution < 1.29 is 9.18 Å². The number of benzene rings is 2. The summed E-state index contributed by atoms with van der Waals surface area (Å²) >= 11 is 0. The van der Waals surface area contributed by atoms with Crippen molar-refractivity contribution in [2.24, 2.45) is 5.10 Å². The fourth-order valence-corrected chi connectivity index (χ4v) is 1.88. The maximum absolute atomic E-state index is 12.8. The lowest BCUT2D eigenvalue weighted by Crippen LogP contribution is -2.20. The number of aryl methyl sites for hydroxylation is 1. The molecule has 0 unspecified atom stereocenters. The first-order valence-corrected chi connectivity index (χ1v) is 6.79.